The maximum atomic E-state index is 5.20. The van der Waals surface area contributed by atoms with E-state index in [0.29, 0.717) is 6.01 Å². The predicted octanol–water partition coefficient (Wildman–Crippen LogP) is 2.62. The second kappa shape index (κ2) is 4.17. The van der Waals surface area contributed by atoms with Gasteiger partial charge in [-0.2, -0.15) is 4.98 Å². The van der Waals surface area contributed by atoms with Crippen LogP contribution in [0.1, 0.15) is 16.8 Å². The molecule has 0 amide bonds. The Morgan fingerprint density at radius 3 is 2.80 bits per heavy atom. The molecule has 1 heterocycles. The number of anilines is 1. The first-order chi connectivity index (χ1) is 7.29. The predicted molar refractivity (Wildman–Crippen MR) is 60.0 cm³/mol. The molecule has 0 saturated carbocycles. The fourth-order valence-electron chi connectivity index (χ4n) is 1.51. The Morgan fingerprint density at radius 1 is 1.33 bits per heavy atom. The molecular formula is C12H14N2O. The lowest BCUT2D eigenvalue weighted by Crippen LogP contribution is -1.93. The Balaban J connectivity index is 2.18. The van der Waals surface area contributed by atoms with Crippen LogP contribution in [0.4, 0.5) is 6.01 Å². The molecule has 1 aromatic heterocycles. The van der Waals surface area contributed by atoms with Gasteiger partial charge in [-0.15, -0.1) is 0 Å². The SMILES string of the molecule is CNc1nc(Cc2ccccc2C)co1. The number of benzene rings is 1. The van der Waals surface area contributed by atoms with E-state index in [1.165, 1.54) is 11.1 Å². The Labute approximate surface area is 89.1 Å². The average Bonchev–Trinajstić information content (AvgIpc) is 2.69. The van der Waals surface area contributed by atoms with E-state index < -0.39 is 0 Å². The van der Waals surface area contributed by atoms with Gasteiger partial charge in [0, 0.05) is 13.5 Å². The summed E-state index contributed by atoms with van der Waals surface area (Å²) < 4.78 is 5.20. The molecule has 0 bridgehead atoms. The first-order valence-electron chi connectivity index (χ1n) is 4.96. The second-order valence-electron chi connectivity index (χ2n) is 3.50. The molecule has 78 valence electrons. The van der Waals surface area contributed by atoms with Crippen LogP contribution in [0.5, 0.6) is 0 Å². The molecule has 2 aromatic rings. The zero-order chi connectivity index (χ0) is 10.7. The summed E-state index contributed by atoms with van der Waals surface area (Å²) in [4.78, 5) is 4.29. The van der Waals surface area contributed by atoms with Crippen molar-refractivity contribution in [2.45, 2.75) is 13.3 Å². The van der Waals surface area contributed by atoms with E-state index in [-0.39, 0.29) is 0 Å². The highest BCUT2D eigenvalue weighted by Gasteiger charge is 2.04. The van der Waals surface area contributed by atoms with Gasteiger partial charge >= 0.3 is 0 Å². The van der Waals surface area contributed by atoms with E-state index in [4.69, 9.17) is 4.42 Å². The van der Waals surface area contributed by atoms with Crippen molar-refractivity contribution in [2.24, 2.45) is 0 Å². The van der Waals surface area contributed by atoms with Crippen molar-refractivity contribution >= 4 is 6.01 Å². The summed E-state index contributed by atoms with van der Waals surface area (Å²) in [5.74, 6) is 0. The largest absolute Gasteiger partial charge is 0.432 e. The summed E-state index contributed by atoms with van der Waals surface area (Å²) >= 11 is 0. The Bertz CT molecular complexity index is 448. The van der Waals surface area contributed by atoms with Crippen LogP contribution in [-0.2, 0) is 6.42 Å². The normalized spacial score (nSPS) is 10.3. The van der Waals surface area contributed by atoms with Crippen molar-refractivity contribution in [2.75, 3.05) is 12.4 Å². The third-order valence-electron chi connectivity index (χ3n) is 2.40. The summed E-state index contributed by atoms with van der Waals surface area (Å²) in [6, 6.07) is 8.87. The van der Waals surface area contributed by atoms with Gasteiger partial charge in [0.2, 0.25) is 0 Å². The van der Waals surface area contributed by atoms with Crippen LogP contribution in [0.2, 0.25) is 0 Å². The van der Waals surface area contributed by atoms with Gasteiger partial charge < -0.3 is 9.73 Å². The minimum Gasteiger partial charge on any atom is -0.432 e. The summed E-state index contributed by atoms with van der Waals surface area (Å²) in [5.41, 5.74) is 3.52. The van der Waals surface area contributed by atoms with Gasteiger partial charge in [0.1, 0.15) is 6.26 Å². The first kappa shape index (κ1) is 9.77. The molecule has 0 unspecified atom stereocenters. The average molecular weight is 202 g/mol. The van der Waals surface area contributed by atoms with Gasteiger partial charge in [0.05, 0.1) is 5.69 Å². The molecule has 15 heavy (non-hydrogen) atoms. The van der Waals surface area contributed by atoms with Crippen LogP contribution in [0.3, 0.4) is 0 Å². The first-order valence-corrected chi connectivity index (χ1v) is 4.96. The minimum absolute atomic E-state index is 0.568. The number of nitrogens with one attached hydrogen (secondary N) is 1. The van der Waals surface area contributed by atoms with Crippen molar-refractivity contribution in [3.8, 4) is 0 Å². The van der Waals surface area contributed by atoms with E-state index in [1.54, 1.807) is 13.3 Å². The molecule has 0 atom stereocenters. The number of aryl methyl sites for hydroxylation is 1. The molecule has 0 aliphatic rings. The molecule has 0 radical (unpaired) electrons. The number of hydrogen-bond donors (Lipinski definition) is 1. The summed E-state index contributed by atoms with van der Waals surface area (Å²) in [6.45, 7) is 2.11. The van der Waals surface area contributed by atoms with Crippen LogP contribution in [0, 0.1) is 6.92 Å². The van der Waals surface area contributed by atoms with Crippen LogP contribution >= 0.6 is 0 Å². The molecule has 3 nitrogen and oxygen atoms in total. The van der Waals surface area contributed by atoms with E-state index in [1.807, 2.05) is 12.1 Å². The summed E-state index contributed by atoms with van der Waals surface area (Å²) in [5, 5.41) is 2.87. The van der Waals surface area contributed by atoms with Crippen LogP contribution in [0.25, 0.3) is 0 Å². The van der Waals surface area contributed by atoms with Crippen LogP contribution in [0.15, 0.2) is 34.9 Å². The summed E-state index contributed by atoms with van der Waals surface area (Å²) in [7, 11) is 1.80. The van der Waals surface area contributed by atoms with Gasteiger partial charge in [-0.25, -0.2) is 0 Å². The Hall–Kier alpha value is -1.77. The monoisotopic (exact) mass is 202 g/mol. The van der Waals surface area contributed by atoms with Crippen molar-refractivity contribution < 1.29 is 4.42 Å². The Kier molecular flexibility index (Phi) is 2.72. The topological polar surface area (TPSA) is 38.1 Å². The third-order valence-corrected chi connectivity index (χ3v) is 2.40. The standard InChI is InChI=1S/C12H14N2O/c1-9-5-3-4-6-10(9)7-11-8-15-12(13-2)14-11/h3-6,8H,7H2,1-2H3,(H,13,14). The molecule has 1 N–H and O–H groups in total. The summed E-state index contributed by atoms with van der Waals surface area (Å²) in [6.07, 6.45) is 2.51. The van der Waals surface area contributed by atoms with Crippen LogP contribution in [-0.4, -0.2) is 12.0 Å². The van der Waals surface area contributed by atoms with E-state index in [9.17, 15) is 0 Å². The smallest absolute Gasteiger partial charge is 0.294 e. The van der Waals surface area contributed by atoms with Gasteiger partial charge in [-0.05, 0) is 18.1 Å². The van der Waals surface area contributed by atoms with Crippen LogP contribution < -0.4 is 5.32 Å². The van der Waals surface area contributed by atoms with Gasteiger partial charge in [0.15, 0.2) is 0 Å². The maximum Gasteiger partial charge on any atom is 0.294 e. The van der Waals surface area contributed by atoms with E-state index in [2.05, 4.69) is 29.4 Å². The minimum atomic E-state index is 0.568. The molecule has 0 fully saturated rings. The lowest BCUT2D eigenvalue weighted by Gasteiger charge is -2.01. The maximum absolute atomic E-state index is 5.20. The van der Waals surface area contributed by atoms with Gasteiger partial charge in [0.25, 0.3) is 6.01 Å². The van der Waals surface area contributed by atoms with Gasteiger partial charge in [-0.1, -0.05) is 24.3 Å². The number of oxazole rings is 1. The van der Waals surface area contributed by atoms with Crippen molar-refractivity contribution in [1.82, 2.24) is 4.98 Å². The highest BCUT2D eigenvalue weighted by atomic mass is 16.4. The fourth-order valence-corrected chi connectivity index (χ4v) is 1.51. The molecule has 0 spiro atoms. The molecular weight excluding hydrogens is 188 g/mol. The third kappa shape index (κ3) is 2.18. The fraction of sp³-hybridized carbons (Fsp3) is 0.250. The number of hydrogen-bond acceptors (Lipinski definition) is 3. The zero-order valence-corrected chi connectivity index (χ0v) is 8.95. The molecule has 0 saturated heterocycles. The van der Waals surface area contributed by atoms with Crippen molar-refractivity contribution in [1.29, 1.82) is 0 Å². The molecule has 0 aliphatic carbocycles. The molecule has 2 rings (SSSR count). The number of rotatable bonds is 3. The quantitative estimate of drug-likeness (QED) is 0.831. The highest BCUT2D eigenvalue weighted by molar-refractivity contribution is 5.30. The highest BCUT2D eigenvalue weighted by Crippen LogP contribution is 2.14. The number of nitrogens with zero attached hydrogens (tertiary/aromatic N) is 1. The lowest BCUT2D eigenvalue weighted by atomic mass is 10.0. The van der Waals surface area contributed by atoms with Crippen molar-refractivity contribution in [3.63, 3.8) is 0 Å². The lowest BCUT2D eigenvalue weighted by molar-refractivity contribution is 0.574. The molecule has 1 aromatic carbocycles. The zero-order valence-electron chi connectivity index (χ0n) is 8.95. The number of aromatic nitrogens is 1. The molecule has 0 aliphatic heterocycles. The molecule has 3 heteroatoms. The van der Waals surface area contributed by atoms with Gasteiger partial charge in [-0.3, -0.25) is 0 Å². The van der Waals surface area contributed by atoms with E-state index >= 15 is 0 Å². The Morgan fingerprint density at radius 2 is 2.13 bits per heavy atom. The van der Waals surface area contributed by atoms with Crippen molar-refractivity contribution in [3.05, 3.63) is 47.3 Å². The van der Waals surface area contributed by atoms with E-state index in [0.717, 1.165) is 12.1 Å². The second-order valence-corrected chi connectivity index (χ2v) is 3.50.